The summed E-state index contributed by atoms with van der Waals surface area (Å²) in [6.45, 7) is 5.13. The van der Waals surface area contributed by atoms with Crippen LogP contribution in [0.5, 0.6) is 0 Å². The first-order chi connectivity index (χ1) is 8.76. The zero-order valence-corrected chi connectivity index (χ0v) is 11.0. The van der Waals surface area contributed by atoms with Gasteiger partial charge in [0.2, 0.25) is 17.5 Å². The van der Waals surface area contributed by atoms with E-state index in [0.717, 1.165) is 12.8 Å². The van der Waals surface area contributed by atoms with E-state index in [2.05, 4.69) is 10.3 Å². The second-order valence-electron chi connectivity index (χ2n) is 5.44. The minimum atomic E-state index is -1.25. The van der Waals surface area contributed by atoms with Gasteiger partial charge >= 0.3 is 12.1 Å². The van der Waals surface area contributed by atoms with E-state index in [1.54, 1.807) is 20.8 Å². The maximum Gasteiger partial charge on any atom is 0.414 e. The normalized spacial score (nSPS) is 15.1. The fourth-order valence-electron chi connectivity index (χ4n) is 1.47. The van der Waals surface area contributed by atoms with Crippen LogP contribution in [-0.2, 0) is 4.74 Å². The van der Waals surface area contributed by atoms with E-state index in [-0.39, 0.29) is 17.5 Å². The molecular formula is C12H16N2O5. The van der Waals surface area contributed by atoms with Crippen LogP contribution in [-0.4, -0.2) is 27.8 Å². The van der Waals surface area contributed by atoms with Crippen LogP contribution in [0.15, 0.2) is 4.42 Å². The molecule has 1 aromatic heterocycles. The molecule has 0 atom stereocenters. The summed E-state index contributed by atoms with van der Waals surface area (Å²) < 4.78 is 10.3. The molecule has 2 rings (SSSR count). The van der Waals surface area contributed by atoms with Crippen molar-refractivity contribution in [2.45, 2.75) is 45.1 Å². The van der Waals surface area contributed by atoms with Gasteiger partial charge in [-0.3, -0.25) is 5.32 Å². The van der Waals surface area contributed by atoms with Crippen molar-refractivity contribution < 1.29 is 23.8 Å². The van der Waals surface area contributed by atoms with Gasteiger partial charge in [-0.15, -0.1) is 0 Å². The number of hydrogen-bond acceptors (Lipinski definition) is 5. The number of carbonyl (C=O) groups excluding carboxylic acids is 1. The molecule has 104 valence electrons. The molecule has 0 radical (unpaired) electrons. The van der Waals surface area contributed by atoms with Gasteiger partial charge in [0.15, 0.2) is 0 Å². The van der Waals surface area contributed by atoms with Crippen LogP contribution in [0.25, 0.3) is 0 Å². The van der Waals surface area contributed by atoms with Gasteiger partial charge < -0.3 is 14.3 Å². The molecule has 2 N–H and O–H groups in total. The molecule has 19 heavy (non-hydrogen) atoms. The zero-order valence-electron chi connectivity index (χ0n) is 11.0. The number of carboxylic acid groups (broad SMARTS) is 1. The summed E-state index contributed by atoms with van der Waals surface area (Å²) in [5.74, 6) is -0.916. The van der Waals surface area contributed by atoms with Crippen molar-refractivity contribution in [3.05, 3.63) is 11.6 Å². The Morgan fingerprint density at radius 1 is 1.42 bits per heavy atom. The minimum absolute atomic E-state index is 0.160. The molecule has 0 spiro atoms. The molecule has 0 saturated heterocycles. The number of aromatic nitrogens is 1. The first kappa shape index (κ1) is 13.4. The van der Waals surface area contributed by atoms with E-state index in [0.29, 0.717) is 5.89 Å². The highest BCUT2D eigenvalue weighted by Crippen LogP contribution is 2.41. The van der Waals surface area contributed by atoms with Gasteiger partial charge in [0.05, 0.1) is 0 Å². The Labute approximate surface area is 110 Å². The van der Waals surface area contributed by atoms with Crippen molar-refractivity contribution in [3.8, 4) is 0 Å². The van der Waals surface area contributed by atoms with Crippen molar-refractivity contribution in [2.75, 3.05) is 5.32 Å². The molecule has 7 nitrogen and oxygen atoms in total. The first-order valence-corrected chi connectivity index (χ1v) is 6.00. The molecule has 1 saturated carbocycles. The van der Waals surface area contributed by atoms with Crippen LogP contribution in [0.3, 0.4) is 0 Å². The smallest absolute Gasteiger partial charge is 0.414 e. The van der Waals surface area contributed by atoms with E-state index in [9.17, 15) is 9.59 Å². The molecule has 1 heterocycles. The maximum absolute atomic E-state index is 11.6. The fourth-order valence-corrected chi connectivity index (χ4v) is 1.47. The lowest BCUT2D eigenvalue weighted by Gasteiger charge is -2.19. The van der Waals surface area contributed by atoms with Crippen LogP contribution < -0.4 is 5.32 Å². The van der Waals surface area contributed by atoms with Crippen molar-refractivity contribution in [1.82, 2.24) is 4.98 Å². The lowest BCUT2D eigenvalue weighted by atomic mass is 10.2. The third kappa shape index (κ3) is 3.46. The summed E-state index contributed by atoms with van der Waals surface area (Å²) in [5.41, 5.74) is -0.972. The van der Waals surface area contributed by atoms with Crippen LogP contribution in [0, 0.1) is 0 Å². The Kier molecular flexibility index (Phi) is 3.21. The van der Waals surface area contributed by atoms with Gasteiger partial charge in [0.25, 0.3) is 0 Å². The first-order valence-electron chi connectivity index (χ1n) is 6.00. The molecule has 1 fully saturated rings. The summed E-state index contributed by atoms with van der Waals surface area (Å²) in [4.78, 5) is 26.5. The average Bonchev–Trinajstić information content (AvgIpc) is 2.98. The second kappa shape index (κ2) is 4.56. The third-order valence-electron chi connectivity index (χ3n) is 2.39. The van der Waals surface area contributed by atoms with Gasteiger partial charge in [-0.1, -0.05) is 0 Å². The van der Waals surface area contributed by atoms with Gasteiger partial charge in [0.1, 0.15) is 5.60 Å². The van der Waals surface area contributed by atoms with Crippen molar-refractivity contribution in [3.63, 3.8) is 0 Å². The Bertz CT molecular complexity index is 511. The molecule has 0 aliphatic heterocycles. The number of nitrogens with one attached hydrogen (secondary N) is 1. The molecular weight excluding hydrogens is 252 g/mol. The summed E-state index contributed by atoms with van der Waals surface area (Å²) in [7, 11) is 0. The number of carbonyl (C=O) groups is 2. The number of carboxylic acids is 1. The monoisotopic (exact) mass is 268 g/mol. The van der Waals surface area contributed by atoms with E-state index in [4.69, 9.17) is 14.3 Å². The van der Waals surface area contributed by atoms with E-state index in [1.165, 1.54) is 0 Å². The van der Waals surface area contributed by atoms with Gasteiger partial charge in [0, 0.05) is 5.92 Å². The minimum Gasteiger partial charge on any atom is -0.476 e. The van der Waals surface area contributed by atoms with Gasteiger partial charge in [-0.25, -0.2) is 14.6 Å². The Morgan fingerprint density at radius 3 is 2.53 bits per heavy atom. The zero-order chi connectivity index (χ0) is 14.2. The third-order valence-corrected chi connectivity index (χ3v) is 2.39. The van der Waals surface area contributed by atoms with Crippen LogP contribution in [0.2, 0.25) is 0 Å². The molecule has 1 aromatic rings. The number of oxazole rings is 1. The fraction of sp³-hybridized carbons (Fsp3) is 0.583. The lowest BCUT2D eigenvalue weighted by Crippen LogP contribution is -2.27. The SMILES string of the molecule is CC(C)(C)OC(=O)Nc1oc(C2CC2)nc1C(=O)O. The van der Waals surface area contributed by atoms with Gasteiger partial charge in [-0.05, 0) is 33.6 Å². The summed E-state index contributed by atoms with van der Waals surface area (Å²) in [5, 5.41) is 11.3. The summed E-state index contributed by atoms with van der Waals surface area (Å²) in [6, 6.07) is 0. The second-order valence-corrected chi connectivity index (χ2v) is 5.44. The van der Waals surface area contributed by atoms with Crippen LogP contribution in [0.4, 0.5) is 10.7 Å². The van der Waals surface area contributed by atoms with Crippen molar-refractivity contribution >= 4 is 17.9 Å². The summed E-state index contributed by atoms with van der Waals surface area (Å²) in [6.07, 6.45) is 1.07. The number of rotatable bonds is 3. The largest absolute Gasteiger partial charge is 0.476 e. The molecule has 7 heteroatoms. The number of aromatic carboxylic acids is 1. The predicted octanol–water partition coefficient (Wildman–Crippen LogP) is 2.60. The highest BCUT2D eigenvalue weighted by molar-refractivity contribution is 5.95. The summed E-state index contributed by atoms with van der Waals surface area (Å²) >= 11 is 0. The van der Waals surface area contributed by atoms with Gasteiger partial charge in [-0.2, -0.15) is 0 Å². The van der Waals surface area contributed by atoms with Crippen LogP contribution in [0.1, 0.15) is 55.9 Å². The Morgan fingerprint density at radius 2 is 2.05 bits per heavy atom. The molecule has 0 unspecified atom stereocenters. The predicted molar refractivity (Wildman–Crippen MR) is 65.3 cm³/mol. The quantitative estimate of drug-likeness (QED) is 0.873. The molecule has 0 bridgehead atoms. The van der Waals surface area contributed by atoms with E-state index < -0.39 is 17.7 Å². The number of ether oxygens (including phenoxy) is 1. The average molecular weight is 268 g/mol. The van der Waals surface area contributed by atoms with Crippen LogP contribution >= 0.6 is 0 Å². The number of anilines is 1. The number of nitrogens with zero attached hydrogens (tertiary/aromatic N) is 1. The highest BCUT2D eigenvalue weighted by atomic mass is 16.6. The highest BCUT2D eigenvalue weighted by Gasteiger charge is 2.32. The molecule has 1 aliphatic rings. The topological polar surface area (TPSA) is 102 Å². The number of hydrogen-bond donors (Lipinski definition) is 2. The van der Waals surface area contributed by atoms with E-state index >= 15 is 0 Å². The standard InChI is InChI=1S/C12H16N2O5/c1-12(2,3)19-11(17)14-9-7(10(15)16)13-8(18-9)6-4-5-6/h6H,4-5H2,1-3H3,(H,14,17)(H,15,16). The molecule has 1 aliphatic carbocycles. The molecule has 0 aromatic carbocycles. The Hall–Kier alpha value is -2.05. The Balaban J connectivity index is 2.14. The lowest BCUT2D eigenvalue weighted by molar-refractivity contribution is 0.0632. The van der Waals surface area contributed by atoms with Crippen molar-refractivity contribution in [1.29, 1.82) is 0 Å². The van der Waals surface area contributed by atoms with E-state index in [1.807, 2.05) is 0 Å². The maximum atomic E-state index is 11.6. The number of amides is 1. The van der Waals surface area contributed by atoms with Crippen molar-refractivity contribution in [2.24, 2.45) is 0 Å². The molecule has 1 amide bonds.